The van der Waals surface area contributed by atoms with Crippen molar-refractivity contribution in [3.63, 3.8) is 0 Å². The van der Waals surface area contributed by atoms with E-state index >= 15 is 0 Å². The zero-order valence-corrected chi connectivity index (χ0v) is 31.0. The third kappa shape index (κ3) is 6.32. The van der Waals surface area contributed by atoms with Gasteiger partial charge in [0.15, 0.2) is 0 Å². The minimum absolute atomic E-state index is 0.161. The van der Waals surface area contributed by atoms with Crippen molar-refractivity contribution in [1.82, 2.24) is 4.57 Å². The summed E-state index contributed by atoms with van der Waals surface area (Å²) in [5.74, 6) is 0. The van der Waals surface area contributed by atoms with Crippen LogP contribution in [0.3, 0.4) is 0 Å². The smallest absolute Gasteiger partial charge is 0.0560 e. The molecular formula is C54H40N2. The van der Waals surface area contributed by atoms with E-state index in [1.807, 2.05) is 0 Å². The van der Waals surface area contributed by atoms with E-state index in [-0.39, 0.29) is 6.04 Å². The Morgan fingerprint density at radius 3 is 1.36 bits per heavy atom. The number of allylic oxidation sites excluding steroid dienone is 2. The minimum Gasteiger partial charge on any atom is -0.334 e. The molecule has 0 N–H and O–H groups in total. The van der Waals surface area contributed by atoms with Crippen molar-refractivity contribution in [2.75, 3.05) is 4.90 Å². The van der Waals surface area contributed by atoms with Crippen LogP contribution in [-0.2, 0) is 0 Å². The first-order valence-corrected chi connectivity index (χ1v) is 19.4. The maximum absolute atomic E-state index is 2.48. The van der Waals surface area contributed by atoms with Crippen molar-refractivity contribution in [1.29, 1.82) is 0 Å². The molecule has 1 aliphatic carbocycles. The van der Waals surface area contributed by atoms with Gasteiger partial charge in [-0.3, -0.25) is 0 Å². The largest absolute Gasteiger partial charge is 0.334 e. The molecule has 1 unspecified atom stereocenters. The van der Waals surface area contributed by atoms with Gasteiger partial charge in [-0.15, -0.1) is 0 Å². The zero-order chi connectivity index (χ0) is 37.3. The van der Waals surface area contributed by atoms with Crippen LogP contribution in [-0.4, -0.2) is 10.6 Å². The summed E-state index contributed by atoms with van der Waals surface area (Å²) in [6, 6.07) is 74.7. The molecule has 0 saturated heterocycles. The molecule has 266 valence electrons. The van der Waals surface area contributed by atoms with Gasteiger partial charge in [0, 0.05) is 27.8 Å². The summed E-state index contributed by atoms with van der Waals surface area (Å²) in [6.07, 6.45) is 8.01. The Bertz CT molecular complexity index is 2750. The van der Waals surface area contributed by atoms with Crippen molar-refractivity contribution in [2.45, 2.75) is 12.5 Å². The van der Waals surface area contributed by atoms with Gasteiger partial charge in [0.2, 0.25) is 0 Å². The average Bonchev–Trinajstić information content (AvgIpc) is 3.62. The summed E-state index contributed by atoms with van der Waals surface area (Å²) in [7, 11) is 0. The highest BCUT2D eigenvalue weighted by molar-refractivity contribution is 6.10. The van der Waals surface area contributed by atoms with E-state index in [1.54, 1.807) is 0 Å². The number of rotatable bonds is 8. The Kier molecular flexibility index (Phi) is 8.70. The van der Waals surface area contributed by atoms with E-state index in [0.29, 0.717) is 0 Å². The predicted octanol–water partition coefficient (Wildman–Crippen LogP) is 14.3. The van der Waals surface area contributed by atoms with Gasteiger partial charge in [-0.1, -0.05) is 170 Å². The first-order valence-electron chi connectivity index (χ1n) is 19.4. The Morgan fingerprint density at radius 2 is 0.839 bits per heavy atom. The number of nitrogens with zero attached hydrogens (tertiary/aromatic N) is 2. The van der Waals surface area contributed by atoms with E-state index < -0.39 is 0 Å². The molecule has 0 spiro atoms. The summed E-state index contributed by atoms with van der Waals surface area (Å²) in [6.45, 7) is 0. The van der Waals surface area contributed by atoms with Crippen LogP contribution in [0.15, 0.2) is 224 Å². The fourth-order valence-electron chi connectivity index (χ4n) is 8.30. The first kappa shape index (κ1) is 33.4. The third-order valence-electron chi connectivity index (χ3n) is 11.2. The maximum atomic E-state index is 2.48. The standard InChI is InChI=1S/C54H40N2/c1-4-12-39(13-5-1)42-20-29-47(30-21-42)55(48-31-22-43(23-32-48)40-14-6-2-7-15-40)49-33-26-45(27-34-49)46-28-37-54-52(38-46)51-18-10-11-19-53(51)56(54)50-35-24-44(25-36-50)41-16-8-3-9-17-41/h1-33,35-38,49H,34H2. The van der Waals surface area contributed by atoms with E-state index in [4.69, 9.17) is 0 Å². The molecule has 0 aliphatic heterocycles. The summed E-state index contributed by atoms with van der Waals surface area (Å²) < 4.78 is 2.40. The van der Waals surface area contributed by atoms with Gasteiger partial charge in [-0.05, 0) is 106 Å². The van der Waals surface area contributed by atoms with Crippen LogP contribution in [0.4, 0.5) is 11.4 Å². The summed E-state index contributed by atoms with van der Waals surface area (Å²) >= 11 is 0. The van der Waals surface area contributed by atoms with Crippen LogP contribution in [0.5, 0.6) is 0 Å². The summed E-state index contributed by atoms with van der Waals surface area (Å²) in [5.41, 5.74) is 15.8. The topological polar surface area (TPSA) is 8.17 Å². The SMILES string of the molecule is C1=CC(N(c2ccc(-c3ccccc3)cc2)c2ccc(-c3ccccc3)cc2)CC=C1c1ccc2c(c1)c1ccccc1n2-c1ccc(-c2ccccc2)cc1. The van der Waals surface area contributed by atoms with E-state index in [9.17, 15) is 0 Å². The molecule has 0 radical (unpaired) electrons. The molecule has 9 aromatic rings. The van der Waals surface area contributed by atoms with Gasteiger partial charge in [0.1, 0.15) is 0 Å². The molecule has 1 aliphatic rings. The van der Waals surface area contributed by atoms with Crippen molar-refractivity contribution < 1.29 is 0 Å². The highest BCUT2D eigenvalue weighted by Gasteiger charge is 2.22. The zero-order valence-electron chi connectivity index (χ0n) is 31.0. The molecule has 0 fully saturated rings. The highest BCUT2D eigenvalue weighted by atomic mass is 15.2. The molecule has 0 saturated carbocycles. The van der Waals surface area contributed by atoms with Gasteiger partial charge >= 0.3 is 0 Å². The molecule has 8 aromatic carbocycles. The molecule has 1 atom stereocenters. The van der Waals surface area contributed by atoms with Crippen LogP contribution >= 0.6 is 0 Å². The fraction of sp³-hybridized carbons (Fsp3) is 0.0370. The van der Waals surface area contributed by atoms with Gasteiger partial charge in [0.25, 0.3) is 0 Å². The number of hydrogen-bond donors (Lipinski definition) is 0. The van der Waals surface area contributed by atoms with Crippen LogP contribution in [0.25, 0.3) is 66.4 Å². The lowest BCUT2D eigenvalue weighted by Gasteiger charge is -2.33. The predicted molar refractivity (Wildman–Crippen MR) is 238 cm³/mol. The molecule has 1 aromatic heterocycles. The number of aromatic nitrogens is 1. The molecule has 0 bridgehead atoms. The van der Waals surface area contributed by atoms with Gasteiger partial charge < -0.3 is 9.47 Å². The highest BCUT2D eigenvalue weighted by Crippen LogP contribution is 2.38. The average molecular weight is 717 g/mol. The summed E-state index contributed by atoms with van der Waals surface area (Å²) in [5, 5.41) is 2.53. The van der Waals surface area contributed by atoms with E-state index in [0.717, 1.165) is 12.1 Å². The van der Waals surface area contributed by atoms with Crippen LogP contribution < -0.4 is 4.90 Å². The first-order chi connectivity index (χ1) is 27.8. The Hall–Kier alpha value is -7.16. The summed E-state index contributed by atoms with van der Waals surface area (Å²) in [4.78, 5) is 2.48. The van der Waals surface area contributed by atoms with E-state index in [1.165, 1.54) is 77.7 Å². The molecule has 0 amide bonds. The molecule has 2 heteroatoms. The quantitative estimate of drug-likeness (QED) is 0.152. The lowest BCUT2D eigenvalue weighted by atomic mass is 9.94. The lowest BCUT2D eigenvalue weighted by molar-refractivity contribution is 0.787. The van der Waals surface area contributed by atoms with Gasteiger partial charge in [-0.25, -0.2) is 0 Å². The monoisotopic (exact) mass is 716 g/mol. The Balaban J connectivity index is 0.971. The van der Waals surface area contributed by atoms with E-state index in [2.05, 4.69) is 234 Å². The third-order valence-corrected chi connectivity index (χ3v) is 11.2. The van der Waals surface area contributed by atoms with Crippen LogP contribution in [0.2, 0.25) is 0 Å². The number of benzene rings is 8. The van der Waals surface area contributed by atoms with Crippen molar-refractivity contribution >= 4 is 38.8 Å². The number of fused-ring (bicyclic) bond motifs is 3. The van der Waals surface area contributed by atoms with Crippen molar-refractivity contribution in [3.8, 4) is 39.1 Å². The Labute approximate surface area is 328 Å². The second-order valence-electron chi connectivity index (χ2n) is 14.5. The molecule has 10 rings (SSSR count). The fourth-order valence-corrected chi connectivity index (χ4v) is 8.30. The van der Waals surface area contributed by atoms with Crippen LogP contribution in [0.1, 0.15) is 12.0 Å². The second-order valence-corrected chi connectivity index (χ2v) is 14.5. The van der Waals surface area contributed by atoms with Gasteiger partial charge in [-0.2, -0.15) is 0 Å². The molecule has 56 heavy (non-hydrogen) atoms. The van der Waals surface area contributed by atoms with Crippen LogP contribution in [0, 0.1) is 0 Å². The minimum atomic E-state index is 0.161. The molecule has 2 nitrogen and oxygen atoms in total. The number of para-hydroxylation sites is 1. The van der Waals surface area contributed by atoms with Crippen molar-refractivity contribution in [2.24, 2.45) is 0 Å². The number of hydrogen-bond acceptors (Lipinski definition) is 1. The lowest BCUT2D eigenvalue weighted by Crippen LogP contribution is -2.30. The van der Waals surface area contributed by atoms with Crippen molar-refractivity contribution in [3.05, 3.63) is 230 Å². The molecular weight excluding hydrogens is 677 g/mol. The maximum Gasteiger partial charge on any atom is 0.0560 e. The number of anilines is 2. The molecule has 1 heterocycles. The Morgan fingerprint density at radius 1 is 0.393 bits per heavy atom. The normalized spacial score (nSPS) is 13.9. The second kappa shape index (κ2) is 14.6. The van der Waals surface area contributed by atoms with Gasteiger partial charge in [0.05, 0.1) is 17.1 Å².